The molecule has 0 aromatic carbocycles. The minimum absolute atomic E-state index is 0.00458. The smallest absolute Gasteiger partial charge is 0.144 e. The van der Waals surface area contributed by atoms with Gasteiger partial charge in [-0.1, -0.05) is 34.6 Å². The second-order valence-corrected chi connectivity index (χ2v) is 7.87. The van der Waals surface area contributed by atoms with Gasteiger partial charge >= 0.3 is 0 Å². The van der Waals surface area contributed by atoms with Crippen LogP contribution in [0.1, 0.15) is 46.1 Å². The Kier molecular flexibility index (Phi) is 5.46. The largest absolute Gasteiger partial charge is 0.372 e. The Hall–Kier alpha value is -0.290. The number of anilines is 1. The van der Waals surface area contributed by atoms with Crippen molar-refractivity contribution in [2.75, 3.05) is 12.4 Å². The van der Waals surface area contributed by atoms with Crippen molar-refractivity contribution in [1.29, 1.82) is 0 Å². The molecule has 1 aromatic rings. The third-order valence-electron chi connectivity index (χ3n) is 2.39. The first kappa shape index (κ1) is 15.8. The van der Waals surface area contributed by atoms with E-state index >= 15 is 0 Å². The average Bonchev–Trinajstić information content (AvgIpc) is 2.25. The molecule has 0 bridgehead atoms. The topological polar surface area (TPSA) is 37.8 Å². The summed E-state index contributed by atoms with van der Waals surface area (Å²) in [5.41, 5.74) is 1.06. The van der Waals surface area contributed by atoms with Crippen LogP contribution in [-0.4, -0.2) is 22.3 Å². The molecular weight excluding hydrogens is 310 g/mol. The van der Waals surface area contributed by atoms with Gasteiger partial charge in [0, 0.05) is 12.5 Å². The van der Waals surface area contributed by atoms with Crippen molar-refractivity contribution in [3.8, 4) is 0 Å². The molecule has 1 N–H and O–H groups in total. The first-order chi connectivity index (χ1) is 8.25. The molecule has 0 radical (unpaired) electrons. The van der Waals surface area contributed by atoms with Crippen LogP contribution in [0.2, 0.25) is 0 Å². The van der Waals surface area contributed by atoms with Crippen LogP contribution in [0, 0.1) is 0 Å². The fourth-order valence-electron chi connectivity index (χ4n) is 1.46. The molecule has 0 amide bonds. The second kappa shape index (κ2) is 6.24. The van der Waals surface area contributed by atoms with Crippen molar-refractivity contribution in [2.45, 2.75) is 51.0 Å². The molecule has 102 valence electrons. The molecule has 0 spiro atoms. The minimum Gasteiger partial charge on any atom is -0.372 e. The number of halogens is 1. The van der Waals surface area contributed by atoms with Gasteiger partial charge in [0.05, 0.1) is 15.9 Å². The maximum Gasteiger partial charge on any atom is 0.144 e. The van der Waals surface area contributed by atoms with E-state index in [4.69, 9.17) is 4.98 Å². The first-order valence-corrected chi connectivity index (χ1v) is 7.96. The lowest BCUT2D eigenvalue weighted by atomic mass is 9.92. The lowest BCUT2D eigenvalue weighted by molar-refractivity contribution is 0.560. The van der Waals surface area contributed by atoms with Crippen LogP contribution >= 0.6 is 27.7 Å². The molecule has 0 aliphatic carbocycles. The number of rotatable bonds is 4. The standard InChI is InChI=1S/C13H22BrN3S/c1-8(2)18-7-9-16-11(13(3,4)5)10(14)12(15-6)17-9/h8H,7H2,1-6H3,(H,15,16,17). The maximum atomic E-state index is 4.71. The van der Waals surface area contributed by atoms with Crippen LogP contribution in [0.25, 0.3) is 0 Å². The van der Waals surface area contributed by atoms with Crippen molar-refractivity contribution >= 4 is 33.5 Å². The number of nitrogens with one attached hydrogen (secondary N) is 1. The third kappa shape index (κ3) is 4.12. The van der Waals surface area contributed by atoms with Crippen LogP contribution in [0.5, 0.6) is 0 Å². The fraction of sp³-hybridized carbons (Fsp3) is 0.692. The molecular formula is C13H22BrN3S. The van der Waals surface area contributed by atoms with Gasteiger partial charge in [-0.3, -0.25) is 0 Å². The van der Waals surface area contributed by atoms with Gasteiger partial charge in [-0.2, -0.15) is 11.8 Å². The zero-order valence-corrected chi connectivity index (χ0v) is 14.4. The SMILES string of the molecule is CNc1nc(CSC(C)C)nc(C(C)(C)C)c1Br. The molecule has 1 aromatic heterocycles. The summed E-state index contributed by atoms with van der Waals surface area (Å²) in [6.45, 7) is 10.9. The Morgan fingerprint density at radius 2 is 1.89 bits per heavy atom. The highest BCUT2D eigenvalue weighted by molar-refractivity contribution is 9.10. The van der Waals surface area contributed by atoms with Gasteiger partial charge in [-0.25, -0.2) is 9.97 Å². The molecule has 0 saturated carbocycles. The lowest BCUT2D eigenvalue weighted by Crippen LogP contribution is -2.18. The van der Waals surface area contributed by atoms with Gasteiger partial charge in [-0.05, 0) is 21.2 Å². The van der Waals surface area contributed by atoms with E-state index in [0.29, 0.717) is 5.25 Å². The molecule has 1 rings (SSSR count). The van der Waals surface area contributed by atoms with Crippen molar-refractivity contribution in [1.82, 2.24) is 9.97 Å². The van der Waals surface area contributed by atoms with Gasteiger partial charge in [0.25, 0.3) is 0 Å². The molecule has 1 heterocycles. The van der Waals surface area contributed by atoms with E-state index in [1.54, 1.807) is 0 Å². The average molecular weight is 332 g/mol. The Bertz CT molecular complexity index is 413. The number of thioether (sulfide) groups is 1. The van der Waals surface area contributed by atoms with E-state index in [-0.39, 0.29) is 5.41 Å². The summed E-state index contributed by atoms with van der Waals surface area (Å²) in [6, 6.07) is 0. The Labute approximate surface area is 123 Å². The second-order valence-electron chi connectivity index (χ2n) is 5.51. The van der Waals surface area contributed by atoms with Gasteiger partial charge in [0.2, 0.25) is 0 Å². The Balaban J connectivity index is 3.14. The lowest BCUT2D eigenvalue weighted by Gasteiger charge is -2.21. The summed E-state index contributed by atoms with van der Waals surface area (Å²) >= 11 is 5.46. The predicted octanol–water partition coefficient (Wildman–Crippen LogP) is 4.22. The number of hydrogen-bond donors (Lipinski definition) is 1. The van der Waals surface area contributed by atoms with Crippen molar-refractivity contribution in [3.05, 3.63) is 16.0 Å². The zero-order valence-electron chi connectivity index (χ0n) is 12.0. The zero-order chi connectivity index (χ0) is 13.9. The van der Waals surface area contributed by atoms with E-state index in [9.17, 15) is 0 Å². The summed E-state index contributed by atoms with van der Waals surface area (Å²) in [7, 11) is 1.89. The summed E-state index contributed by atoms with van der Waals surface area (Å²) in [5, 5.41) is 3.72. The van der Waals surface area contributed by atoms with E-state index in [1.165, 1.54) is 0 Å². The van der Waals surface area contributed by atoms with Gasteiger partial charge in [-0.15, -0.1) is 0 Å². The quantitative estimate of drug-likeness (QED) is 0.896. The van der Waals surface area contributed by atoms with E-state index in [1.807, 2.05) is 18.8 Å². The predicted molar refractivity (Wildman–Crippen MR) is 84.4 cm³/mol. The van der Waals surface area contributed by atoms with Crippen LogP contribution in [0.3, 0.4) is 0 Å². The van der Waals surface area contributed by atoms with Crippen LogP contribution < -0.4 is 5.32 Å². The molecule has 5 heteroatoms. The van der Waals surface area contributed by atoms with E-state index in [2.05, 4.69) is 60.8 Å². The molecule has 0 fully saturated rings. The van der Waals surface area contributed by atoms with Gasteiger partial charge in [0.1, 0.15) is 11.6 Å². The molecule has 0 saturated heterocycles. The highest BCUT2D eigenvalue weighted by atomic mass is 79.9. The molecule has 0 atom stereocenters. The van der Waals surface area contributed by atoms with Crippen molar-refractivity contribution in [2.24, 2.45) is 0 Å². The third-order valence-corrected chi connectivity index (χ3v) is 4.23. The molecule has 3 nitrogen and oxygen atoms in total. The van der Waals surface area contributed by atoms with Gasteiger partial charge in [0.15, 0.2) is 0 Å². The summed E-state index contributed by atoms with van der Waals surface area (Å²) < 4.78 is 0.968. The fourth-order valence-corrected chi connectivity index (χ4v) is 3.04. The summed E-state index contributed by atoms with van der Waals surface area (Å²) in [5.74, 6) is 2.61. The Morgan fingerprint density at radius 3 is 2.33 bits per heavy atom. The van der Waals surface area contributed by atoms with Crippen LogP contribution in [0.15, 0.2) is 4.47 Å². The molecule has 0 aliphatic rings. The molecule has 18 heavy (non-hydrogen) atoms. The minimum atomic E-state index is 0.00458. The van der Waals surface area contributed by atoms with Crippen LogP contribution in [0.4, 0.5) is 5.82 Å². The van der Waals surface area contributed by atoms with Crippen molar-refractivity contribution in [3.63, 3.8) is 0 Å². The van der Waals surface area contributed by atoms with Gasteiger partial charge < -0.3 is 5.32 Å². The number of aromatic nitrogens is 2. The Morgan fingerprint density at radius 1 is 1.28 bits per heavy atom. The summed E-state index contributed by atoms with van der Waals surface area (Å²) in [6.07, 6.45) is 0. The normalized spacial score (nSPS) is 12.0. The van der Waals surface area contributed by atoms with E-state index in [0.717, 1.165) is 27.6 Å². The molecule has 0 unspecified atom stereocenters. The monoisotopic (exact) mass is 331 g/mol. The number of hydrogen-bond acceptors (Lipinski definition) is 4. The number of nitrogens with zero attached hydrogens (tertiary/aromatic N) is 2. The maximum absolute atomic E-state index is 4.71. The highest BCUT2D eigenvalue weighted by Gasteiger charge is 2.22. The highest BCUT2D eigenvalue weighted by Crippen LogP contribution is 2.33. The van der Waals surface area contributed by atoms with E-state index < -0.39 is 0 Å². The first-order valence-electron chi connectivity index (χ1n) is 6.12. The van der Waals surface area contributed by atoms with Crippen LogP contribution in [-0.2, 0) is 11.2 Å². The molecule has 0 aliphatic heterocycles. The van der Waals surface area contributed by atoms with Crippen molar-refractivity contribution < 1.29 is 0 Å². The summed E-state index contributed by atoms with van der Waals surface area (Å²) in [4.78, 5) is 9.25.